The lowest BCUT2D eigenvalue weighted by Gasteiger charge is -2.34. The topological polar surface area (TPSA) is 91.6 Å². The van der Waals surface area contributed by atoms with Crippen molar-refractivity contribution in [1.29, 1.82) is 0 Å². The van der Waals surface area contributed by atoms with E-state index in [4.69, 9.17) is 4.52 Å². The Morgan fingerprint density at radius 1 is 0.970 bits per heavy atom. The highest BCUT2D eigenvalue weighted by molar-refractivity contribution is 7.13. The Labute approximate surface area is 198 Å². The smallest absolute Gasteiger partial charge is 0.265 e. The van der Waals surface area contributed by atoms with Crippen LogP contribution in [0.2, 0.25) is 0 Å². The van der Waals surface area contributed by atoms with Crippen LogP contribution < -0.4 is 5.32 Å². The van der Waals surface area contributed by atoms with Gasteiger partial charge in [-0.25, -0.2) is 0 Å². The van der Waals surface area contributed by atoms with Gasteiger partial charge in [0.1, 0.15) is 0 Å². The molecule has 0 spiro atoms. The standard InChI is InChI=1S/C23H21N5O3S2/c29-22(19-4-2-14-33-19)24-17-7-5-16(6-8-17)23(30)28-11-9-27(10-12-28)15-20-25-21(26-31-20)18-3-1-13-32-18/h1-8,13-14H,9-12,15H2,(H,24,29). The van der Waals surface area contributed by atoms with Gasteiger partial charge in [0, 0.05) is 37.4 Å². The largest absolute Gasteiger partial charge is 0.338 e. The first-order valence-corrected chi connectivity index (χ1v) is 12.2. The molecule has 0 bridgehead atoms. The predicted octanol–water partition coefficient (Wildman–Crippen LogP) is 4.07. The van der Waals surface area contributed by atoms with Crippen molar-refractivity contribution >= 4 is 40.2 Å². The van der Waals surface area contributed by atoms with Crippen molar-refractivity contribution < 1.29 is 14.1 Å². The highest BCUT2D eigenvalue weighted by atomic mass is 32.1. The Morgan fingerprint density at radius 3 is 2.42 bits per heavy atom. The van der Waals surface area contributed by atoms with Crippen LogP contribution in [0.5, 0.6) is 0 Å². The first-order valence-electron chi connectivity index (χ1n) is 10.5. The van der Waals surface area contributed by atoms with Crippen LogP contribution in [0.1, 0.15) is 25.9 Å². The van der Waals surface area contributed by atoms with Crippen LogP contribution in [0, 0.1) is 0 Å². The average molecular weight is 480 g/mol. The molecule has 1 aromatic carbocycles. The highest BCUT2D eigenvalue weighted by Crippen LogP contribution is 2.22. The zero-order valence-electron chi connectivity index (χ0n) is 17.6. The lowest BCUT2D eigenvalue weighted by atomic mass is 10.1. The number of hydrogen-bond acceptors (Lipinski definition) is 8. The molecule has 5 rings (SSSR count). The number of rotatable bonds is 6. The third-order valence-corrected chi connectivity index (χ3v) is 7.10. The van der Waals surface area contributed by atoms with Gasteiger partial charge in [-0.1, -0.05) is 17.3 Å². The first-order chi connectivity index (χ1) is 16.2. The molecule has 1 saturated heterocycles. The van der Waals surface area contributed by atoms with Crippen LogP contribution in [0.15, 0.2) is 63.8 Å². The third kappa shape index (κ3) is 5.03. The fraction of sp³-hybridized carbons (Fsp3) is 0.217. The van der Waals surface area contributed by atoms with Gasteiger partial charge in [0.05, 0.1) is 16.3 Å². The second-order valence-electron chi connectivity index (χ2n) is 7.57. The fourth-order valence-corrected chi connectivity index (χ4v) is 4.87. The second-order valence-corrected chi connectivity index (χ2v) is 9.46. The molecule has 1 N–H and O–H groups in total. The Bertz CT molecular complexity index is 1210. The number of thiophene rings is 2. The number of aromatic nitrogens is 2. The van der Waals surface area contributed by atoms with Crippen molar-refractivity contribution in [1.82, 2.24) is 19.9 Å². The zero-order chi connectivity index (χ0) is 22.6. The van der Waals surface area contributed by atoms with E-state index in [2.05, 4.69) is 20.4 Å². The predicted molar refractivity (Wildman–Crippen MR) is 128 cm³/mol. The van der Waals surface area contributed by atoms with Crippen LogP contribution in [0.4, 0.5) is 5.69 Å². The molecule has 1 fully saturated rings. The second kappa shape index (κ2) is 9.65. The van der Waals surface area contributed by atoms with Crippen molar-refractivity contribution in [3.05, 3.63) is 75.6 Å². The van der Waals surface area contributed by atoms with E-state index in [0.29, 0.717) is 47.5 Å². The van der Waals surface area contributed by atoms with Crippen LogP contribution in [-0.4, -0.2) is 57.9 Å². The minimum Gasteiger partial charge on any atom is -0.338 e. The van der Waals surface area contributed by atoms with Gasteiger partial charge in [-0.2, -0.15) is 4.98 Å². The maximum Gasteiger partial charge on any atom is 0.265 e. The van der Waals surface area contributed by atoms with Crippen molar-refractivity contribution in [3.63, 3.8) is 0 Å². The molecule has 0 unspecified atom stereocenters. The lowest BCUT2D eigenvalue weighted by Crippen LogP contribution is -2.48. The zero-order valence-corrected chi connectivity index (χ0v) is 19.3. The molecule has 0 atom stereocenters. The minimum absolute atomic E-state index is 0.0106. The SMILES string of the molecule is O=C(Nc1ccc(C(=O)N2CCN(Cc3nc(-c4cccs4)no3)CC2)cc1)c1cccs1. The molecular formula is C23H21N5O3S2. The molecule has 3 aromatic heterocycles. The molecule has 1 aliphatic rings. The van der Waals surface area contributed by atoms with Crippen molar-refractivity contribution in [2.24, 2.45) is 0 Å². The Morgan fingerprint density at radius 2 is 1.73 bits per heavy atom. The Balaban J connectivity index is 1.12. The number of nitrogens with zero attached hydrogens (tertiary/aromatic N) is 4. The number of piperazine rings is 1. The quantitative estimate of drug-likeness (QED) is 0.448. The maximum absolute atomic E-state index is 12.9. The summed E-state index contributed by atoms with van der Waals surface area (Å²) in [6.45, 7) is 3.29. The van der Waals surface area contributed by atoms with E-state index < -0.39 is 0 Å². The van der Waals surface area contributed by atoms with Gasteiger partial charge in [-0.15, -0.1) is 22.7 Å². The normalized spacial score (nSPS) is 14.4. The number of amides is 2. The average Bonchev–Trinajstić information content (AvgIpc) is 3.62. The number of carbonyl (C=O) groups excluding carboxylic acids is 2. The van der Waals surface area contributed by atoms with Gasteiger partial charge >= 0.3 is 0 Å². The summed E-state index contributed by atoms with van der Waals surface area (Å²) in [6.07, 6.45) is 0. The molecule has 0 aliphatic carbocycles. The van der Waals surface area contributed by atoms with Crippen LogP contribution in [0.3, 0.4) is 0 Å². The molecule has 4 heterocycles. The number of carbonyl (C=O) groups is 2. The van der Waals surface area contributed by atoms with Crippen LogP contribution >= 0.6 is 22.7 Å². The van der Waals surface area contributed by atoms with E-state index in [0.717, 1.165) is 18.0 Å². The Hall–Kier alpha value is -3.34. The summed E-state index contributed by atoms with van der Waals surface area (Å²) in [4.78, 5) is 35.2. The third-order valence-electron chi connectivity index (χ3n) is 5.36. The van der Waals surface area contributed by atoms with Gasteiger partial charge in [0.15, 0.2) is 0 Å². The maximum atomic E-state index is 12.9. The summed E-state index contributed by atoms with van der Waals surface area (Å²) >= 11 is 2.97. The van der Waals surface area contributed by atoms with Gasteiger partial charge in [0.25, 0.3) is 11.8 Å². The molecule has 0 saturated carbocycles. The number of anilines is 1. The Kier molecular flexibility index (Phi) is 6.29. The molecule has 0 radical (unpaired) electrons. The molecule has 2 amide bonds. The highest BCUT2D eigenvalue weighted by Gasteiger charge is 2.23. The lowest BCUT2D eigenvalue weighted by molar-refractivity contribution is 0.0615. The molecule has 8 nitrogen and oxygen atoms in total. The van der Waals surface area contributed by atoms with Crippen LogP contribution in [0.25, 0.3) is 10.7 Å². The summed E-state index contributed by atoms with van der Waals surface area (Å²) in [5, 5.41) is 10.7. The van der Waals surface area contributed by atoms with E-state index >= 15 is 0 Å². The van der Waals surface area contributed by atoms with Gasteiger partial charge in [-0.3, -0.25) is 14.5 Å². The molecule has 168 valence electrons. The first kappa shape index (κ1) is 21.5. The van der Waals surface area contributed by atoms with E-state index in [9.17, 15) is 9.59 Å². The van der Waals surface area contributed by atoms with Crippen LogP contribution in [-0.2, 0) is 6.54 Å². The molecule has 33 heavy (non-hydrogen) atoms. The fourth-order valence-electron chi connectivity index (χ4n) is 3.60. The molecule has 4 aromatic rings. The summed E-state index contributed by atoms with van der Waals surface area (Å²) in [5.74, 6) is 1.04. The summed E-state index contributed by atoms with van der Waals surface area (Å²) < 4.78 is 5.39. The van der Waals surface area contributed by atoms with E-state index in [1.165, 1.54) is 11.3 Å². The molecule has 1 aliphatic heterocycles. The van der Waals surface area contributed by atoms with E-state index in [1.807, 2.05) is 33.9 Å². The summed E-state index contributed by atoms with van der Waals surface area (Å²) in [7, 11) is 0. The molecule has 10 heteroatoms. The number of benzene rings is 1. The van der Waals surface area contributed by atoms with Gasteiger partial charge in [-0.05, 0) is 47.2 Å². The summed E-state index contributed by atoms with van der Waals surface area (Å²) in [5.41, 5.74) is 1.27. The van der Waals surface area contributed by atoms with E-state index in [-0.39, 0.29) is 11.8 Å². The van der Waals surface area contributed by atoms with Crippen molar-refractivity contribution in [2.45, 2.75) is 6.54 Å². The molecular weight excluding hydrogens is 458 g/mol. The van der Waals surface area contributed by atoms with Crippen molar-refractivity contribution in [2.75, 3.05) is 31.5 Å². The summed E-state index contributed by atoms with van der Waals surface area (Å²) in [6, 6.07) is 14.6. The monoisotopic (exact) mass is 479 g/mol. The van der Waals surface area contributed by atoms with Crippen molar-refractivity contribution in [3.8, 4) is 10.7 Å². The van der Waals surface area contributed by atoms with E-state index in [1.54, 1.807) is 41.7 Å². The van der Waals surface area contributed by atoms with Gasteiger partial charge in [0.2, 0.25) is 11.7 Å². The van der Waals surface area contributed by atoms with Gasteiger partial charge < -0.3 is 14.7 Å². The number of hydrogen-bond donors (Lipinski definition) is 1. The number of nitrogens with one attached hydrogen (secondary N) is 1. The minimum atomic E-state index is -0.149.